The summed E-state index contributed by atoms with van der Waals surface area (Å²) in [6.07, 6.45) is 8.99. The van der Waals surface area contributed by atoms with Crippen molar-refractivity contribution in [3.8, 4) is 17.3 Å². The van der Waals surface area contributed by atoms with Crippen LogP contribution in [0.2, 0.25) is 0 Å². The fraction of sp³-hybridized carbons (Fsp3) is 0.400. The molecule has 0 amide bonds. The first kappa shape index (κ1) is 20.7. The summed E-state index contributed by atoms with van der Waals surface area (Å²) in [6, 6.07) is 11.4. The lowest BCUT2D eigenvalue weighted by atomic mass is 9.98. The normalized spacial score (nSPS) is 17.1. The van der Waals surface area contributed by atoms with E-state index in [0.29, 0.717) is 30.0 Å². The van der Waals surface area contributed by atoms with Gasteiger partial charge in [-0.25, -0.2) is 9.97 Å². The zero-order chi connectivity index (χ0) is 21.9. The number of H-pyrrole nitrogens is 1. The molecule has 0 radical (unpaired) electrons. The van der Waals surface area contributed by atoms with Crippen LogP contribution >= 0.6 is 0 Å². The van der Waals surface area contributed by atoms with Crippen LogP contribution in [0.4, 0.5) is 5.69 Å². The number of nitrogens with one attached hydrogen (secondary N) is 1. The van der Waals surface area contributed by atoms with Crippen LogP contribution in [0.15, 0.2) is 47.4 Å². The van der Waals surface area contributed by atoms with Crippen LogP contribution < -0.4 is 16.0 Å². The third-order valence-corrected chi connectivity index (χ3v) is 6.38. The van der Waals surface area contributed by atoms with Gasteiger partial charge in [0.2, 0.25) is 5.88 Å². The zero-order valence-corrected chi connectivity index (χ0v) is 18.2. The molecule has 166 valence electrons. The number of pyridine rings is 1. The van der Waals surface area contributed by atoms with Crippen LogP contribution in [0.5, 0.6) is 5.88 Å². The summed E-state index contributed by atoms with van der Waals surface area (Å²) in [5.74, 6) is 1.31. The second kappa shape index (κ2) is 9.12. The number of rotatable bonds is 5. The Bertz CT molecular complexity index is 1120. The van der Waals surface area contributed by atoms with E-state index in [1.165, 1.54) is 19.3 Å². The fourth-order valence-corrected chi connectivity index (χ4v) is 4.58. The number of nitrogens with two attached hydrogens (primary N) is 1. The summed E-state index contributed by atoms with van der Waals surface area (Å²) in [4.78, 5) is 27.2. The van der Waals surface area contributed by atoms with Gasteiger partial charge >= 0.3 is 0 Å². The summed E-state index contributed by atoms with van der Waals surface area (Å²) in [5.41, 5.74) is 10.00. The van der Waals surface area contributed by atoms with Gasteiger partial charge in [0.05, 0.1) is 11.3 Å². The molecule has 1 aromatic carbocycles. The van der Waals surface area contributed by atoms with Gasteiger partial charge in [0.25, 0.3) is 5.56 Å². The second-order valence-electron chi connectivity index (χ2n) is 8.81. The third-order valence-electron chi connectivity index (χ3n) is 6.38. The highest BCUT2D eigenvalue weighted by atomic mass is 16.5. The molecule has 5 rings (SSSR count). The molecule has 3 aromatic rings. The number of nitrogens with zero attached hydrogens (tertiary/aromatic N) is 3. The van der Waals surface area contributed by atoms with Gasteiger partial charge in [-0.15, -0.1) is 0 Å². The van der Waals surface area contributed by atoms with E-state index >= 15 is 0 Å². The van der Waals surface area contributed by atoms with Gasteiger partial charge in [-0.1, -0.05) is 12.5 Å². The van der Waals surface area contributed by atoms with Gasteiger partial charge in [0, 0.05) is 49.6 Å². The molecule has 32 heavy (non-hydrogen) atoms. The highest BCUT2D eigenvalue weighted by Crippen LogP contribution is 2.23. The highest BCUT2D eigenvalue weighted by molar-refractivity contribution is 5.58. The summed E-state index contributed by atoms with van der Waals surface area (Å²) in [5, 5.41) is 0. The van der Waals surface area contributed by atoms with E-state index in [1.807, 2.05) is 36.5 Å². The molecular weight excluding hydrogens is 402 g/mol. The molecule has 0 unspecified atom stereocenters. The first-order valence-electron chi connectivity index (χ1n) is 11.5. The Morgan fingerprint density at radius 3 is 2.66 bits per heavy atom. The zero-order valence-electron chi connectivity index (χ0n) is 18.2. The monoisotopic (exact) mass is 431 g/mol. The number of aromatic amines is 1. The van der Waals surface area contributed by atoms with Gasteiger partial charge in [-0.05, 0) is 55.5 Å². The molecular formula is C25H29N5O2. The smallest absolute Gasteiger partial charge is 0.255 e. The Morgan fingerprint density at radius 2 is 1.91 bits per heavy atom. The van der Waals surface area contributed by atoms with E-state index in [2.05, 4.69) is 20.9 Å². The van der Waals surface area contributed by atoms with Crippen molar-refractivity contribution in [2.45, 2.75) is 57.7 Å². The van der Waals surface area contributed by atoms with Crippen LogP contribution in [-0.2, 0) is 19.5 Å². The number of hydrogen-bond donors (Lipinski definition) is 2. The predicted molar refractivity (Wildman–Crippen MR) is 124 cm³/mol. The Balaban J connectivity index is 1.24. The van der Waals surface area contributed by atoms with E-state index in [1.54, 1.807) is 0 Å². The van der Waals surface area contributed by atoms with Gasteiger partial charge in [-0.2, -0.15) is 0 Å². The molecule has 7 nitrogen and oxygen atoms in total. The molecule has 2 aromatic heterocycles. The SMILES string of the molecule is Nc1ccc(-c2nc3c(c(=O)[nH]2)CN(Cc2ccc(OC4CCCCC4)nc2)CC3)cc1. The van der Waals surface area contributed by atoms with Crippen molar-refractivity contribution in [1.29, 1.82) is 0 Å². The quantitative estimate of drug-likeness (QED) is 0.598. The lowest BCUT2D eigenvalue weighted by molar-refractivity contribution is 0.148. The van der Waals surface area contributed by atoms with Crippen molar-refractivity contribution in [2.24, 2.45) is 0 Å². The maximum atomic E-state index is 12.8. The van der Waals surface area contributed by atoms with Gasteiger partial charge in [0.15, 0.2) is 0 Å². The van der Waals surface area contributed by atoms with Gasteiger partial charge in [-0.3, -0.25) is 9.69 Å². The summed E-state index contributed by atoms with van der Waals surface area (Å²) in [6.45, 7) is 2.18. The minimum Gasteiger partial charge on any atom is -0.474 e. The van der Waals surface area contributed by atoms with Gasteiger partial charge < -0.3 is 15.5 Å². The predicted octanol–water partition coefficient (Wildman–Crippen LogP) is 3.68. The molecule has 0 bridgehead atoms. The highest BCUT2D eigenvalue weighted by Gasteiger charge is 2.22. The van der Waals surface area contributed by atoms with Crippen molar-refractivity contribution in [2.75, 3.05) is 12.3 Å². The van der Waals surface area contributed by atoms with Crippen LogP contribution in [0, 0.1) is 0 Å². The first-order chi connectivity index (χ1) is 15.6. The van der Waals surface area contributed by atoms with Crippen LogP contribution in [0.1, 0.15) is 48.9 Å². The second-order valence-corrected chi connectivity index (χ2v) is 8.81. The molecule has 7 heteroatoms. The molecule has 2 aliphatic rings. The van der Waals surface area contributed by atoms with E-state index < -0.39 is 0 Å². The number of aromatic nitrogens is 3. The van der Waals surface area contributed by atoms with Crippen molar-refractivity contribution in [3.63, 3.8) is 0 Å². The van der Waals surface area contributed by atoms with Crippen molar-refractivity contribution in [3.05, 3.63) is 69.8 Å². The summed E-state index contributed by atoms with van der Waals surface area (Å²) in [7, 11) is 0. The number of ether oxygens (including phenoxy) is 1. The Kier molecular flexibility index (Phi) is 5.90. The average Bonchev–Trinajstić information content (AvgIpc) is 2.82. The molecule has 1 saturated carbocycles. The van der Waals surface area contributed by atoms with Crippen LogP contribution in [0.25, 0.3) is 11.4 Å². The van der Waals surface area contributed by atoms with E-state index in [9.17, 15) is 4.79 Å². The molecule has 0 spiro atoms. The third kappa shape index (κ3) is 4.67. The lowest BCUT2D eigenvalue weighted by Gasteiger charge is -2.27. The fourth-order valence-electron chi connectivity index (χ4n) is 4.58. The molecule has 0 atom stereocenters. The molecule has 3 heterocycles. The Morgan fingerprint density at radius 1 is 1.09 bits per heavy atom. The van der Waals surface area contributed by atoms with E-state index in [-0.39, 0.29) is 5.56 Å². The van der Waals surface area contributed by atoms with Crippen molar-refractivity contribution in [1.82, 2.24) is 19.9 Å². The minimum atomic E-state index is -0.0686. The summed E-state index contributed by atoms with van der Waals surface area (Å²) < 4.78 is 6.03. The van der Waals surface area contributed by atoms with Crippen LogP contribution in [0.3, 0.4) is 0 Å². The lowest BCUT2D eigenvalue weighted by Crippen LogP contribution is -2.35. The number of fused-ring (bicyclic) bond motifs is 1. The largest absolute Gasteiger partial charge is 0.474 e. The number of anilines is 1. The molecule has 1 aliphatic heterocycles. The topological polar surface area (TPSA) is 97.1 Å². The maximum absolute atomic E-state index is 12.8. The number of benzene rings is 1. The molecule has 3 N–H and O–H groups in total. The Labute approximate surface area is 187 Å². The first-order valence-corrected chi connectivity index (χ1v) is 11.5. The van der Waals surface area contributed by atoms with Crippen molar-refractivity contribution < 1.29 is 4.74 Å². The standard InChI is InChI=1S/C25H29N5O2/c26-19-9-7-18(8-10-19)24-28-22-12-13-30(16-21(22)25(31)29-24)15-17-6-11-23(27-14-17)32-20-4-2-1-3-5-20/h6-11,14,20H,1-5,12-13,15-16,26H2,(H,28,29,31). The van der Waals surface area contributed by atoms with Gasteiger partial charge in [0.1, 0.15) is 11.9 Å². The molecule has 0 saturated heterocycles. The Hall–Kier alpha value is -3.19. The molecule has 1 fully saturated rings. The van der Waals surface area contributed by atoms with Crippen LogP contribution in [-0.4, -0.2) is 32.5 Å². The summed E-state index contributed by atoms with van der Waals surface area (Å²) >= 11 is 0. The number of hydrogen-bond acceptors (Lipinski definition) is 6. The van der Waals surface area contributed by atoms with E-state index in [0.717, 1.165) is 54.7 Å². The molecule has 1 aliphatic carbocycles. The maximum Gasteiger partial charge on any atom is 0.255 e. The van der Waals surface area contributed by atoms with E-state index in [4.69, 9.17) is 15.5 Å². The minimum absolute atomic E-state index is 0.0686. The average molecular weight is 432 g/mol. The van der Waals surface area contributed by atoms with Crippen molar-refractivity contribution >= 4 is 5.69 Å². The number of nitrogen functional groups attached to an aromatic ring is 1.